The molecule has 2 fully saturated rings. The summed E-state index contributed by atoms with van der Waals surface area (Å²) >= 11 is 0. The minimum absolute atomic E-state index is 0.169. The molecule has 1 saturated heterocycles. The summed E-state index contributed by atoms with van der Waals surface area (Å²) in [5.41, 5.74) is -1.76. The van der Waals surface area contributed by atoms with Gasteiger partial charge in [0.05, 0.1) is 0 Å². The Morgan fingerprint density at radius 2 is 1.91 bits per heavy atom. The summed E-state index contributed by atoms with van der Waals surface area (Å²) in [6, 6.07) is 5.73. The number of halogens is 2. The largest absolute Gasteiger partial charge is 0.444 e. The maximum absolute atomic E-state index is 14.8. The van der Waals surface area contributed by atoms with E-state index in [4.69, 9.17) is 4.74 Å². The molecule has 1 spiro atoms. The molecule has 5 heteroatoms. The zero-order chi connectivity index (χ0) is 16.2. The van der Waals surface area contributed by atoms with Gasteiger partial charge in [0.25, 0.3) is 0 Å². The smallest absolute Gasteiger partial charge is 0.410 e. The zero-order valence-corrected chi connectivity index (χ0v) is 13.2. The summed E-state index contributed by atoms with van der Waals surface area (Å²) < 4.78 is 33.4. The Hall–Kier alpha value is -1.65. The number of hydrogen-bond donors (Lipinski definition) is 0. The number of benzene rings is 1. The van der Waals surface area contributed by atoms with Crippen molar-refractivity contribution in [2.24, 2.45) is 5.41 Å². The average molecular weight is 309 g/mol. The first-order valence-corrected chi connectivity index (χ1v) is 7.54. The number of likely N-dealkylation sites (tertiary alicyclic amines) is 1. The number of carbonyl (C=O) groups excluding carboxylic acids is 1. The summed E-state index contributed by atoms with van der Waals surface area (Å²) in [7, 11) is 0. The molecule has 0 bridgehead atoms. The predicted octanol–water partition coefficient (Wildman–Crippen LogP) is 4.02. The van der Waals surface area contributed by atoms with Gasteiger partial charge in [0.2, 0.25) is 0 Å². The van der Waals surface area contributed by atoms with Gasteiger partial charge in [-0.25, -0.2) is 13.6 Å². The highest BCUT2D eigenvalue weighted by Crippen LogP contribution is 2.60. The van der Waals surface area contributed by atoms with Crippen LogP contribution >= 0.6 is 0 Å². The van der Waals surface area contributed by atoms with E-state index in [1.807, 2.05) is 20.8 Å². The number of rotatable bonds is 1. The highest BCUT2D eigenvalue weighted by Gasteiger charge is 2.62. The van der Waals surface area contributed by atoms with Crippen molar-refractivity contribution in [1.29, 1.82) is 0 Å². The lowest BCUT2D eigenvalue weighted by molar-refractivity contribution is -0.153. The van der Waals surface area contributed by atoms with Gasteiger partial charge >= 0.3 is 6.09 Å². The van der Waals surface area contributed by atoms with Crippen LogP contribution in [0.25, 0.3) is 0 Å². The van der Waals surface area contributed by atoms with Crippen molar-refractivity contribution < 1.29 is 18.3 Å². The fourth-order valence-corrected chi connectivity index (χ4v) is 3.55. The number of ether oxygens (including phenoxy) is 1. The second-order valence-electron chi connectivity index (χ2n) is 7.67. The molecule has 0 N–H and O–H groups in total. The lowest BCUT2D eigenvalue weighted by Crippen LogP contribution is -2.67. The third-order valence-corrected chi connectivity index (χ3v) is 4.36. The van der Waals surface area contributed by atoms with E-state index in [9.17, 15) is 13.6 Å². The van der Waals surface area contributed by atoms with Gasteiger partial charge in [0, 0.05) is 18.5 Å². The van der Waals surface area contributed by atoms with E-state index >= 15 is 0 Å². The first-order chi connectivity index (χ1) is 10.1. The second-order valence-corrected chi connectivity index (χ2v) is 7.67. The molecule has 120 valence electrons. The summed E-state index contributed by atoms with van der Waals surface area (Å²) in [6.45, 7) is 6.49. The molecule has 1 aromatic rings. The molecular formula is C17H21F2NO2. The van der Waals surface area contributed by atoms with Crippen LogP contribution in [-0.4, -0.2) is 29.7 Å². The molecule has 1 aromatic carbocycles. The fraction of sp³-hybridized carbons (Fsp3) is 0.588. The van der Waals surface area contributed by atoms with E-state index in [1.54, 1.807) is 11.0 Å². The average Bonchev–Trinajstić information content (AvgIpc) is 2.29. The first kappa shape index (κ1) is 15.3. The zero-order valence-electron chi connectivity index (χ0n) is 13.2. The van der Waals surface area contributed by atoms with Gasteiger partial charge in [-0.15, -0.1) is 0 Å². The summed E-state index contributed by atoms with van der Waals surface area (Å²) in [5.74, 6) is -0.417. The van der Waals surface area contributed by atoms with Crippen molar-refractivity contribution in [2.45, 2.75) is 44.9 Å². The van der Waals surface area contributed by atoms with Crippen LogP contribution in [0.1, 0.15) is 39.2 Å². The quantitative estimate of drug-likeness (QED) is 0.784. The second kappa shape index (κ2) is 4.67. The van der Waals surface area contributed by atoms with Crippen LogP contribution in [0.2, 0.25) is 0 Å². The molecule has 22 heavy (non-hydrogen) atoms. The van der Waals surface area contributed by atoms with Gasteiger partial charge in [0.15, 0.2) is 0 Å². The number of amides is 1. The molecule has 0 atom stereocenters. The SMILES string of the molecule is CC(C)(C)OC(=O)N1CC2(C1)CC(F)(c1cccc(F)c1)C2. The Morgan fingerprint density at radius 1 is 1.27 bits per heavy atom. The van der Waals surface area contributed by atoms with Crippen molar-refractivity contribution in [3.63, 3.8) is 0 Å². The maximum Gasteiger partial charge on any atom is 0.410 e. The Morgan fingerprint density at radius 3 is 2.45 bits per heavy atom. The van der Waals surface area contributed by atoms with Gasteiger partial charge in [-0.05, 0) is 51.3 Å². The molecule has 0 aromatic heterocycles. The van der Waals surface area contributed by atoms with Crippen LogP contribution in [0.15, 0.2) is 24.3 Å². The van der Waals surface area contributed by atoms with Gasteiger partial charge in [-0.1, -0.05) is 12.1 Å². The fourth-order valence-electron chi connectivity index (χ4n) is 3.55. The molecule has 1 saturated carbocycles. The molecule has 1 amide bonds. The van der Waals surface area contributed by atoms with Crippen molar-refractivity contribution in [1.82, 2.24) is 4.90 Å². The van der Waals surface area contributed by atoms with Gasteiger partial charge in [-0.2, -0.15) is 0 Å². The third kappa shape index (κ3) is 2.69. The number of nitrogens with zero attached hydrogens (tertiary/aromatic N) is 1. The molecule has 3 nitrogen and oxygen atoms in total. The Bertz CT molecular complexity index is 595. The number of hydrogen-bond acceptors (Lipinski definition) is 2. The predicted molar refractivity (Wildman–Crippen MR) is 78.7 cm³/mol. The molecule has 0 radical (unpaired) electrons. The van der Waals surface area contributed by atoms with Crippen LogP contribution in [0.3, 0.4) is 0 Å². The molecule has 0 unspecified atom stereocenters. The van der Waals surface area contributed by atoms with Gasteiger partial charge in [0.1, 0.15) is 17.1 Å². The highest BCUT2D eigenvalue weighted by molar-refractivity contribution is 5.69. The molecule has 3 rings (SSSR count). The highest BCUT2D eigenvalue weighted by atomic mass is 19.1. The van der Waals surface area contributed by atoms with Crippen LogP contribution in [0, 0.1) is 11.2 Å². The van der Waals surface area contributed by atoms with E-state index < -0.39 is 17.1 Å². The lowest BCUT2D eigenvalue weighted by Gasteiger charge is -2.61. The van der Waals surface area contributed by atoms with Crippen molar-refractivity contribution >= 4 is 6.09 Å². The van der Waals surface area contributed by atoms with Crippen LogP contribution < -0.4 is 0 Å². The molecule has 1 aliphatic carbocycles. The minimum atomic E-state index is -1.47. The van der Waals surface area contributed by atoms with Crippen molar-refractivity contribution in [3.05, 3.63) is 35.6 Å². The van der Waals surface area contributed by atoms with Crippen LogP contribution in [-0.2, 0) is 10.4 Å². The molecule has 2 aliphatic rings. The monoisotopic (exact) mass is 309 g/mol. The van der Waals surface area contributed by atoms with Crippen LogP contribution in [0.5, 0.6) is 0 Å². The summed E-state index contributed by atoms with van der Waals surface area (Å²) in [5, 5.41) is 0. The topological polar surface area (TPSA) is 29.5 Å². The van der Waals surface area contributed by atoms with Gasteiger partial charge in [-0.3, -0.25) is 0 Å². The summed E-state index contributed by atoms with van der Waals surface area (Å²) in [6.07, 6.45) is 0.325. The number of carbonyl (C=O) groups is 1. The molecule has 1 heterocycles. The lowest BCUT2D eigenvalue weighted by atomic mass is 9.54. The van der Waals surface area contributed by atoms with E-state index in [1.165, 1.54) is 18.2 Å². The van der Waals surface area contributed by atoms with E-state index in [-0.39, 0.29) is 11.5 Å². The van der Waals surface area contributed by atoms with Crippen LogP contribution in [0.4, 0.5) is 13.6 Å². The van der Waals surface area contributed by atoms with Crippen molar-refractivity contribution in [2.75, 3.05) is 13.1 Å². The normalized spacial score (nSPS) is 22.0. The Kier molecular flexibility index (Phi) is 3.24. The van der Waals surface area contributed by atoms with Gasteiger partial charge < -0.3 is 9.64 Å². The molecule has 1 aliphatic heterocycles. The third-order valence-electron chi connectivity index (χ3n) is 4.36. The maximum atomic E-state index is 14.8. The van der Waals surface area contributed by atoms with Crippen molar-refractivity contribution in [3.8, 4) is 0 Å². The standard InChI is InChI=1S/C17H21F2NO2/c1-15(2,3)22-14(21)20-10-16(11-20)8-17(19,9-16)12-5-4-6-13(18)7-12/h4-7H,8-11H2,1-3H3. The van der Waals surface area contributed by atoms with E-state index in [2.05, 4.69) is 0 Å². The first-order valence-electron chi connectivity index (χ1n) is 7.54. The van der Waals surface area contributed by atoms with E-state index in [0.717, 1.165) is 0 Å². The summed E-state index contributed by atoms with van der Waals surface area (Å²) in [4.78, 5) is 13.5. The Labute approximate surface area is 129 Å². The number of alkyl halides is 1. The minimum Gasteiger partial charge on any atom is -0.444 e. The Balaban J connectivity index is 1.58. The molecular weight excluding hydrogens is 288 g/mol. The van der Waals surface area contributed by atoms with E-state index in [0.29, 0.717) is 31.5 Å².